The van der Waals surface area contributed by atoms with Gasteiger partial charge in [-0.2, -0.15) is 0 Å². The molecule has 0 nitrogen and oxygen atoms in total. The Bertz CT molecular complexity index is 139. The van der Waals surface area contributed by atoms with Gasteiger partial charge in [0, 0.05) is 0 Å². The van der Waals surface area contributed by atoms with Gasteiger partial charge in [0.2, 0.25) is 0 Å². The Kier molecular flexibility index (Phi) is 12.5. The standard InChI is InChI=1S/C17H36/c1-5-7-8-9-10-11-12-13-14-15-17(4)16(3)6-2/h16-17H,5-15H2,1-4H3. The highest BCUT2D eigenvalue weighted by Crippen LogP contribution is 2.21. The van der Waals surface area contributed by atoms with Crippen LogP contribution in [0.5, 0.6) is 0 Å². The van der Waals surface area contributed by atoms with Gasteiger partial charge in [-0.3, -0.25) is 0 Å². The molecule has 104 valence electrons. The molecule has 0 aromatic heterocycles. The fourth-order valence-electron chi connectivity index (χ4n) is 2.46. The molecule has 0 aliphatic carbocycles. The lowest BCUT2D eigenvalue weighted by molar-refractivity contribution is 0.342. The van der Waals surface area contributed by atoms with E-state index in [4.69, 9.17) is 0 Å². The van der Waals surface area contributed by atoms with E-state index in [1.165, 1.54) is 70.6 Å². The molecule has 0 aromatic rings. The molecular weight excluding hydrogens is 204 g/mol. The predicted octanol–water partition coefficient (Wildman–Crippen LogP) is 6.59. The monoisotopic (exact) mass is 240 g/mol. The maximum Gasteiger partial charge on any atom is -0.0417 e. The van der Waals surface area contributed by atoms with E-state index in [0.717, 1.165) is 11.8 Å². The molecule has 0 fully saturated rings. The van der Waals surface area contributed by atoms with Gasteiger partial charge >= 0.3 is 0 Å². The van der Waals surface area contributed by atoms with Crippen LogP contribution in [0, 0.1) is 11.8 Å². The van der Waals surface area contributed by atoms with Gasteiger partial charge in [-0.1, -0.05) is 98.3 Å². The second-order valence-electron chi connectivity index (χ2n) is 5.98. The first-order chi connectivity index (χ1) is 8.22. The Balaban J connectivity index is 3.13. The van der Waals surface area contributed by atoms with Crippen molar-refractivity contribution in [2.45, 2.75) is 98.3 Å². The van der Waals surface area contributed by atoms with E-state index >= 15 is 0 Å². The minimum Gasteiger partial charge on any atom is -0.0654 e. The lowest BCUT2D eigenvalue weighted by atomic mass is 9.89. The number of hydrogen-bond acceptors (Lipinski definition) is 0. The topological polar surface area (TPSA) is 0 Å². The summed E-state index contributed by atoms with van der Waals surface area (Å²) in [6.45, 7) is 9.44. The van der Waals surface area contributed by atoms with Crippen LogP contribution >= 0.6 is 0 Å². The van der Waals surface area contributed by atoms with Gasteiger partial charge in [-0.15, -0.1) is 0 Å². The SMILES string of the molecule is CCCCCCCCCCCC(C)C(C)CC. The van der Waals surface area contributed by atoms with Crippen molar-refractivity contribution in [3.63, 3.8) is 0 Å². The fraction of sp³-hybridized carbons (Fsp3) is 1.00. The van der Waals surface area contributed by atoms with Gasteiger partial charge in [0.25, 0.3) is 0 Å². The van der Waals surface area contributed by atoms with Crippen LogP contribution < -0.4 is 0 Å². The molecule has 0 heterocycles. The molecule has 0 heteroatoms. The fourth-order valence-corrected chi connectivity index (χ4v) is 2.46. The predicted molar refractivity (Wildman–Crippen MR) is 80.5 cm³/mol. The van der Waals surface area contributed by atoms with Crippen molar-refractivity contribution < 1.29 is 0 Å². The summed E-state index contributed by atoms with van der Waals surface area (Å²) in [4.78, 5) is 0. The number of unbranched alkanes of at least 4 members (excludes halogenated alkanes) is 8. The smallest absolute Gasteiger partial charge is 0.0417 e. The quantitative estimate of drug-likeness (QED) is 0.338. The molecule has 0 bridgehead atoms. The summed E-state index contributed by atoms with van der Waals surface area (Å²) >= 11 is 0. The van der Waals surface area contributed by atoms with E-state index in [1.54, 1.807) is 0 Å². The van der Waals surface area contributed by atoms with Crippen LogP contribution in [0.25, 0.3) is 0 Å². The maximum absolute atomic E-state index is 2.43. The first kappa shape index (κ1) is 17.0. The summed E-state index contributed by atoms with van der Waals surface area (Å²) in [7, 11) is 0. The number of rotatable bonds is 12. The van der Waals surface area contributed by atoms with Crippen LogP contribution in [0.4, 0.5) is 0 Å². The molecule has 2 unspecified atom stereocenters. The van der Waals surface area contributed by atoms with Crippen molar-refractivity contribution >= 4 is 0 Å². The molecule has 0 amide bonds. The normalized spacial score (nSPS) is 14.8. The molecule has 0 aliphatic rings. The zero-order valence-corrected chi connectivity index (χ0v) is 12.9. The van der Waals surface area contributed by atoms with Crippen molar-refractivity contribution in [1.29, 1.82) is 0 Å². The molecule has 0 N–H and O–H groups in total. The van der Waals surface area contributed by atoms with Gasteiger partial charge in [0.1, 0.15) is 0 Å². The number of hydrogen-bond donors (Lipinski definition) is 0. The lowest BCUT2D eigenvalue weighted by Gasteiger charge is -2.17. The Labute approximate surface area is 111 Å². The van der Waals surface area contributed by atoms with Gasteiger partial charge in [0.15, 0.2) is 0 Å². The van der Waals surface area contributed by atoms with Crippen molar-refractivity contribution in [1.82, 2.24) is 0 Å². The van der Waals surface area contributed by atoms with E-state index < -0.39 is 0 Å². The molecule has 0 saturated heterocycles. The first-order valence-corrected chi connectivity index (χ1v) is 8.22. The summed E-state index contributed by atoms with van der Waals surface area (Å²) in [5, 5.41) is 0. The van der Waals surface area contributed by atoms with Crippen LogP contribution in [-0.4, -0.2) is 0 Å². The third kappa shape index (κ3) is 10.9. The lowest BCUT2D eigenvalue weighted by Crippen LogP contribution is -2.06. The molecule has 0 rings (SSSR count). The zero-order chi connectivity index (χ0) is 12.9. The summed E-state index contributed by atoms with van der Waals surface area (Å²) in [5.74, 6) is 1.86. The largest absolute Gasteiger partial charge is 0.0654 e. The molecule has 0 aliphatic heterocycles. The summed E-state index contributed by atoms with van der Waals surface area (Å²) in [6.07, 6.45) is 15.9. The molecule has 0 spiro atoms. The van der Waals surface area contributed by atoms with Gasteiger partial charge in [-0.25, -0.2) is 0 Å². The minimum absolute atomic E-state index is 0.920. The minimum atomic E-state index is 0.920. The average Bonchev–Trinajstić information content (AvgIpc) is 2.35. The van der Waals surface area contributed by atoms with E-state index in [1.807, 2.05) is 0 Å². The van der Waals surface area contributed by atoms with Crippen LogP contribution in [-0.2, 0) is 0 Å². The van der Waals surface area contributed by atoms with E-state index in [-0.39, 0.29) is 0 Å². The maximum atomic E-state index is 2.43. The second kappa shape index (κ2) is 12.5. The van der Waals surface area contributed by atoms with E-state index in [9.17, 15) is 0 Å². The molecule has 17 heavy (non-hydrogen) atoms. The second-order valence-corrected chi connectivity index (χ2v) is 5.98. The third-order valence-electron chi connectivity index (χ3n) is 4.38. The van der Waals surface area contributed by atoms with Crippen molar-refractivity contribution in [3.05, 3.63) is 0 Å². The van der Waals surface area contributed by atoms with Crippen molar-refractivity contribution in [3.8, 4) is 0 Å². The van der Waals surface area contributed by atoms with Crippen LogP contribution in [0.3, 0.4) is 0 Å². The highest BCUT2D eigenvalue weighted by atomic mass is 14.1. The van der Waals surface area contributed by atoms with Crippen LogP contribution in [0.1, 0.15) is 98.3 Å². The Hall–Kier alpha value is 0. The molecule has 2 atom stereocenters. The van der Waals surface area contributed by atoms with E-state index in [0.29, 0.717) is 0 Å². The Morgan fingerprint density at radius 1 is 0.588 bits per heavy atom. The zero-order valence-electron chi connectivity index (χ0n) is 12.9. The highest BCUT2D eigenvalue weighted by Gasteiger charge is 2.08. The van der Waals surface area contributed by atoms with Crippen molar-refractivity contribution in [2.75, 3.05) is 0 Å². The molecule has 0 aromatic carbocycles. The third-order valence-corrected chi connectivity index (χ3v) is 4.38. The summed E-state index contributed by atoms with van der Waals surface area (Å²) in [6, 6.07) is 0. The first-order valence-electron chi connectivity index (χ1n) is 8.22. The molecule has 0 radical (unpaired) electrons. The van der Waals surface area contributed by atoms with Gasteiger partial charge < -0.3 is 0 Å². The van der Waals surface area contributed by atoms with Crippen LogP contribution in [0.15, 0.2) is 0 Å². The van der Waals surface area contributed by atoms with Crippen molar-refractivity contribution in [2.24, 2.45) is 11.8 Å². The highest BCUT2D eigenvalue weighted by molar-refractivity contribution is 4.60. The molecule has 0 saturated carbocycles. The summed E-state index contributed by atoms with van der Waals surface area (Å²) < 4.78 is 0. The molecular formula is C17H36. The average molecular weight is 240 g/mol. The van der Waals surface area contributed by atoms with Crippen LogP contribution in [0.2, 0.25) is 0 Å². The van der Waals surface area contributed by atoms with Gasteiger partial charge in [-0.05, 0) is 11.8 Å². The van der Waals surface area contributed by atoms with E-state index in [2.05, 4.69) is 27.7 Å². The van der Waals surface area contributed by atoms with Gasteiger partial charge in [0.05, 0.1) is 0 Å². The Morgan fingerprint density at radius 3 is 1.53 bits per heavy atom. The Morgan fingerprint density at radius 2 is 1.06 bits per heavy atom. The summed E-state index contributed by atoms with van der Waals surface area (Å²) in [5.41, 5.74) is 0.